The van der Waals surface area contributed by atoms with Gasteiger partial charge >= 0.3 is 5.97 Å². The molecule has 0 aromatic heterocycles. The molecule has 0 unspecified atom stereocenters. The van der Waals surface area contributed by atoms with Crippen LogP contribution in [0.2, 0.25) is 0 Å². The van der Waals surface area contributed by atoms with Crippen LogP contribution < -0.4 is 5.32 Å². The molecular weight excluding hydrogens is 264 g/mol. The van der Waals surface area contributed by atoms with Crippen LogP contribution in [0.4, 0.5) is 11.4 Å². The number of aromatic carboxylic acids is 1. The normalized spacial score (nSPS) is 11.2. The van der Waals surface area contributed by atoms with Gasteiger partial charge in [0, 0.05) is 35.9 Å². The summed E-state index contributed by atoms with van der Waals surface area (Å²) >= 11 is 0. The van der Waals surface area contributed by atoms with Crippen LogP contribution in [0.5, 0.6) is 0 Å². The van der Waals surface area contributed by atoms with E-state index < -0.39 is 16.3 Å². The maximum Gasteiger partial charge on any atom is 0.336 e. The average Bonchev–Trinajstić information content (AvgIpc) is 2.36. The second-order valence-corrected chi connectivity index (χ2v) is 5.41. The van der Waals surface area contributed by atoms with Crippen molar-refractivity contribution in [2.75, 3.05) is 18.5 Å². The molecule has 3 N–H and O–H groups in total. The first-order valence-corrected chi connectivity index (χ1v) is 6.05. The largest absolute Gasteiger partial charge is 0.478 e. The van der Waals surface area contributed by atoms with Gasteiger partial charge in [-0.3, -0.25) is 10.1 Å². The van der Waals surface area contributed by atoms with Crippen molar-refractivity contribution >= 4 is 17.3 Å². The highest BCUT2D eigenvalue weighted by Gasteiger charge is 2.21. The molecule has 1 aromatic carbocycles. The summed E-state index contributed by atoms with van der Waals surface area (Å²) in [7, 11) is 0. The number of anilines is 1. The summed E-state index contributed by atoms with van der Waals surface area (Å²) in [4.78, 5) is 21.4. The SMILES string of the molecule is Cc1c(NCC(C)(C)CO)cc(C(=O)O)cc1[N+](=O)[O-]. The fraction of sp³-hybridized carbons (Fsp3) is 0.462. The Morgan fingerprint density at radius 2 is 2.05 bits per heavy atom. The number of carboxylic acid groups (broad SMARTS) is 1. The third kappa shape index (κ3) is 3.67. The van der Waals surface area contributed by atoms with Crippen LogP contribution in [0.15, 0.2) is 12.1 Å². The summed E-state index contributed by atoms with van der Waals surface area (Å²) in [6, 6.07) is 2.40. The van der Waals surface area contributed by atoms with Crippen molar-refractivity contribution < 1.29 is 19.9 Å². The minimum atomic E-state index is -1.22. The lowest BCUT2D eigenvalue weighted by molar-refractivity contribution is -0.385. The van der Waals surface area contributed by atoms with Crippen LogP contribution in [0.1, 0.15) is 29.8 Å². The molecule has 0 heterocycles. The van der Waals surface area contributed by atoms with Crippen LogP contribution >= 0.6 is 0 Å². The quantitative estimate of drug-likeness (QED) is 0.543. The molecule has 20 heavy (non-hydrogen) atoms. The van der Waals surface area contributed by atoms with E-state index in [-0.39, 0.29) is 17.9 Å². The first-order chi connectivity index (χ1) is 9.18. The third-order valence-corrected chi connectivity index (χ3v) is 3.01. The Labute approximate surface area is 116 Å². The fourth-order valence-electron chi connectivity index (χ4n) is 1.59. The van der Waals surface area contributed by atoms with E-state index in [2.05, 4.69) is 5.32 Å². The first-order valence-electron chi connectivity index (χ1n) is 6.05. The number of carbonyl (C=O) groups is 1. The highest BCUT2D eigenvalue weighted by molar-refractivity contribution is 5.90. The number of carboxylic acids is 1. The Morgan fingerprint density at radius 3 is 2.50 bits per heavy atom. The molecule has 110 valence electrons. The summed E-state index contributed by atoms with van der Waals surface area (Å²) in [5, 5.41) is 32.1. The standard InChI is InChI=1S/C13H18N2O5/c1-8-10(14-6-13(2,3)7-16)4-9(12(17)18)5-11(8)15(19)20/h4-5,14,16H,6-7H2,1-3H3,(H,17,18). The molecule has 7 nitrogen and oxygen atoms in total. The van der Waals surface area contributed by atoms with Crippen molar-refractivity contribution in [3.8, 4) is 0 Å². The maximum absolute atomic E-state index is 11.0. The van der Waals surface area contributed by atoms with Gasteiger partial charge < -0.3 is 15.5 Å². The van der Waals surface area contributed by atoms with Gasteiger partial charge in [-0.05, 0) is 13.0 Å². The zero-order valence-corrected chi connectivity index (χ0v) is 11.6. The average molecular weight is 282 g/mol. The Balaban J connectivity index is 3.18. The van der Waals surface area contributed by atoms with Gasteiger partial charge in [-0.15, -0.1) is 0 Å². The zero-order chi connectivity index (χ0) is 15.5. The van der Waals surface area contributed by atoms with Crippen molar-refractivity contribution in [2.24, 2.45) is 5.41 Å². The van der Waals surface area contributed by atoms with Crippen molar-refractivity contribution in [2.45, 2.75) is 20.8 Å². The molecule has 0 spiro atoms. The second kappa shape index (κ2) is 5.87. The van der Waals surface area contributed by atoms with Crippen molar-refractivity contribution in [1.82, 2.24) is 0 Å². The monoisotopic (exact) mass is 282 g/mol. The molecule has 0 bridgehead atoms. The minimum Gasteiger partial charge on any atom is -0.478 e. The Kier molecular flexibility index (Phi) is 4.67. The number of nitrogens with one attached hydrogen (secondary N) is 1. The van der Waals surface area contributed by atoms with E-state index in [4.69, 9.17) is 5.11 Å². The summed E-state index contributed by atoms with van der Waals surface area (Å²) in [6.07, 6.45) is 0. The molecule has 1 rings (SSSR count). The van der Waals surface area contributed by atoms with Gasteiger partial charge in [0.2, 0.25) is 0 Å². The molecule has 0 amide bonds. The summed E-state index contributed by atoms with van der Waals surface area (Å²) in [5.74, 6) is -1.22. The molecule has 0 aliphatic rings. The van der Waals surface area contributed by atoms with E-state index in [1.165, 1.54) is 6.07 Å². The molecule has 1 aromatic rings. The summed E-state index contributed by atoms with van der Waals surface area (Å²) in [5.41, 5.74) is -0.0480. The van der Waals surface area contributed by atoms with Crippen molar-refractivity contribution in [3.05, 3.63) is 33.4 Å². The van der Waals surface area contributed by atoms with Gasteiger partial charge in [0.05, 0.1) is 10.5 Å². The number of hydrogen-bond acceptors (Lipinski definition) is 5. The van der Waals surface area contributed by atoms with Crippen LogP contribution in [-0.2, 0) is 0 Å². The Morgan fingerprint density at radius 1 is 1.45 bits per heavy atom. The topological polar surface area (TPSA) is 113 Å². The molecule has 0 saturated heterocycles. The maximum atomic E-state index is 11.0. The number of aliphatic hydroxyl groups is 1. The Hall–Kier alpha value is -2.15. The van der Waals surface area contributed by atoms with Crippen LogP contribution in [0.3, 0.4) is 0 Å². The van der Waals surface area contributed by atoms with E-state index >= 15 is 0 Å². The molecule has 7 heteroatoms. The number of aliphatic hydroxyl groups excluding tert-OH is 1. The lowest BCUT2D eigenvalue weighted by Gasteiger charge is -2.23. The van der Waals surface area contributed by atoms with Crippen LogP contribution in [0.25, 0.3) is 0 Å². The van der Waals surface area contributed by atoms with E-state index in [9.17, 15) is 20.0 Å². The van der Waals surface area contributed by atoms with Crippen molar-refractivity contribution in [3.63, 3.8) is 0 Å². The first kappa shape index (κ1) is 15.9. The summed E-state index contributed by atoms with van der Waals surface area (Å²) in [6.45, 7) is 5.51. The highest BCUT2D eigenvalue weighted by atomic mass is 16.6. The molecule has 0 atom stereocenters. The molecule has 0 radical (unpaired) electrons. The van der Waals surface area contributed by atoms with Gasteiger partial charge in [-0.25, -0.2) is 4.79 Å². The van der Waals surface area contributed by atoms with Gasteiger partial charge in [0.15, 0.2) is 0 Å². The van der Waals surface area contributed by atoms with E-state index in [1.54, 1.807) is 6.92 Å². The fourth-order valence-corrected chi connectivity index (χ4v) is 1.59. The predicted octanol–water partition coefficient (Wildman–Crippen LogP) is 2.03. The van der Waals surface area contributed by atoms with Crippen LogP contribution in [-0.4, -0.2) is 34.3 Å². The second-order valence-electron chi connectivity index (χ2n) is 5.41. The lowest BCUT2D eigenvalue weighted by atomic mass is 9.94. The molecule has 0 saturated carbocycles. The number of nitro groups is 1. The highest BCUT2D eigenvalue weighted by Crippen LogP contribution is 2.28. The smallest absolute Gasteiger partial charge is 0.336 e. The van der Waals surface area contributed by atoms with Gasteiger partial charge in [-0.2, -0.15) is 0 Å². The number of hydrogen-bond donors (Lipinski definition) is 3. The van der Waals surface area contributed by atoms with E-state index in [0.29, 0.717) is 17.8 Å². The molecular formula is C13H18N2O5. The van der Waals surface area contributed by atoms with Crippen LogP contribution in [0, 0.1) is 22.5 Å². The number of benzene rings is 1. The van der Waals surface area contributed by atoms with Gasteiger partial charge in [-0.1, -0.05) is 13.8 Å². The Bertz CT molecular complexity index is 540. The molecule has 0 aliphatic carbocycles. The number of rotatable bonds is 6. The molecule has 0 aliphatic heterocycles. The van der Waals surface area contributed by atoms with E-state index in [0.717, 1.165) is 6.07 Å². The third-order valence-electron chi connectivity index (χ3n) is 3.01. The minimum absolute atomic E-state index is 0.0558. The number of nitro benzene ring substituents is 1. The lowest BCUT2D eigenvalue weighted by Crippen LogP contribution is -2.27. The summed E-state index contributed by atoms with van der Waals surface area (Å²) < 4.78 is 0. The predicted molar refractivity (Wildman–Crippen MR) is 74.1 cm³/mol. The molecule has 0 fully saturated rings. The van der Waals surface area contributed by atoms with Crippen molar-refractivity contribution in [1.29, 1.82) is 0 Å². The number of nitrogens with zero attached hydrogens (tertiary/aromatic N) is 1. The zero-order valence-electron chi connectivity index (χ0n) is 11.6. The van der Waals surface area contributed by atoms with Gasteiger partial charge in [0.1, 0.15) is 0 Å². The van der Waals surface area contributed by atoms with E-state index in [1.807, 2.05) is 13.8 Å². The van der Waals surface area contributed by atoms with Gasteiger partial charge in [0.25, 0.3) is 5.69 Å².